The highest BCUT2D eigenvalue weighted by Crippen LogP contribution is 2.12. The molecule has 0 aliphatic heterocycles. The summed E-state index contributed by atoms with van der Waals surface area (Å²) >= 11 is 3.27. The zero-order chi connectivity index (χ0) is 18.4. The van der Waals surface area contributed by atoms with E-state index in [-0.39, 0.29) is 5.70 Å². The fraction of sp³-hybridized carbons (Fsp3) is 0.118. The lowest BCUT2D eigenvalue weighted by atomic mass is 10.2. The molecule has 1 aromatic heterocycles. The van der Waals surface area contributed by atoms with Gasteiger partial charge >= 0.3 is 5.97 Å². The summed E-state index contributed by atoms with van der Waals surface area (Å²) in [6.45, 7) is 1.32. The molecule has 7 nitrogen and oxygen atoms in total. The Morgan fingerprint density at radius 2 is 1.88 bits per heavy atom. The summed E-state index contributed by atoms with van der Waals surface area (Å²) < 4.78 is 5.95. The van der Waals surface area contributed by atoms with Crippen LogP contribution in [0.5, 0.6) is 0 Å². The molecule has 25 heavy (non-hydrogen) atoms. The van der Waals surface area contributed by atoms with Gasteiger partial charge in [-0.2, -0.15) is 0 Å². The smallest absolute Gasteiger partial charge is 0.325 e. The van der Waals surface area contributed by atoms with Crippen LogP contribution in [0.2, 0.25) is 0 Å². The average Bonchev–Trinajstić information content (AvgIpc) is 3.07. The molecule has 0 saturated heterocycles. The van der Waals surface area contributed by atoms with E-state index >= 15 is 0 Å². The Balaban J connectivity index is 2.22. The summed E-state index contributed by atoms with van der Waals surface area (Å²) in [6, 6.07) is 8.66. The first-order valence-corrected chi connectivity index (χ1v) is 8.02. The number of benzene rings is 1. The van der Waals surface area contributed by atoms with Crippen molar-refractivity contribution >= 4 is 39.8 Å². The van der Waals surface area contributed by atoms with Crippen molar-refractivity contribution in [1.82, 2.24) is 10.6 Å². The topological polar surface area (TPSA) is 109 Å². The quantitative estimate of drug-likeness (QED) is 0.638. The number of nitrogens with one attached hydrogen (secondary N) is 2. The third-order valence-electron chi connectivity index (χ3n) is 3.15. The van der Waals surface area contributed by atoms with Gasteiger partial charge in [0.1, 0.15) is 17.5 Å². The molecule has 1 atom stereocenters. The van der Waals surface area contributed by atoms with Gasteiger partial charge in [0.25, 0.3) is 11.8 Å². The summed E-state index contributed by atoms with van der Waals surface area (Å²) in [5, 5.41) is 13.7. The summed E-state index contributed by atoms with van der Waals surface area (Å²) in [5.74, 6) is -2.10. The normalized spacial score (nSPS) is 12.3. The number of carbonyl (C=O) groups is 3. The standard InChI is InChI=1S/C17H15BrN2O5/c1-10(17(23)24)19-16(22)14(9-13-3-2-8-25-13)20-15(21)11-4-6-12(18)7-5-11/h2-10H,1H3,(H,19,22)(H,20,21)(H,23,24). The van der Waals surface area contributed by atoms with E-state index in [1.54, 1.807) is 36.4 Å². The maximum absolute atomic E-state index is 12.3. The summed E-state index contributed by atoms with van der Waals surface area (Å²) in [6.07, 6.45) is 2.73. The molecule has 1 heterocycles. The van der Waals surface area contributed by atoms with Crippen molar-refractivity contribution in [3.63, 3.8) is 0 Å². The lowest BCUT2D eigenvalue weighted by Crippen LogP contribution is -2.42. The highest BCUT2D eigenvalue weighted by molar-refractivity contribution is 9.10. The molecular formula is C17H15BrN2O5. The average molecular weight is 407 g/mol. The predicted molar refractivity (Wildman–Crippen MR) is 93.5 cm³/mol. The van der Waals surface area contributed by atoms with Crippen LogP contribution in [0.3, 0.4) is 0 Å². The summed E-state index contributed by atoms with van der Waals surface area (Å²) in [7, 11) is 0. The van der Waals surface area contributed by atoms with Gasteiger partial charge in [0.05, 0.1) is 6.26 Å². The molecule has 0 aliphatic rings. The Morgan fingerprint density at radius 3 is 2.44 bits per heavy atom. The first kappa shape index (κ1) is 18.5. The van der Waals surface area contributed by atoms with Crippen LogP contribution in [-0.4, -0.2) is 28.9 Å². The van der Waals surface area contributed by atoms with E-state index in [4.69, 9.17) is 9.52 Å². The number of hydrogen-bond donors (Lipinski definition) is 3. The van der Waals surface area contributed by atoms with Crippen LogP contribution in [0, 0.1) is 0 Å². The van der Waals surface area contributed by atoms with E-state index in [9.17, 15) is 14.4 Å². The maximum atomic E-state index is 12.3. The van der Waals surface area contributed by atoms with Crippen LogP contribution in [-0.2, 0) is 9.59 Å². The van der Waals surface area contributed by atoms with Crippen molar-refractivity contribution in [1.29, 1.82) is 0 Å². The van der Waals surface area contributed by atoms with Crippen LogP contribution in [0.1, 0.15) is 23.0 Å². The SMILES string of the molecule is CC(NC(=O)C(=Cc1ccco1)NC(=O)c1ccc(Br)cc1)C(=O)O. The molecule has 1 unspecified atom stereocenters. The predicted octanol–water partition coefficient (Wildman–Crippen LogP) is 2.40. The van der Waals surface area contributed by atoms with Gasteiger partial charge in [0, 0.05) is 16.1 Å². The number of amides is 2. The highest BCUT2D eigenvalue weighted by atomic mass is 79.9. The minimum Gasteiger partial charge on any atom is -0.480 e. The molecule has 0 aliphatic carbocycles. The molecule has 2 rings (SSSR count). The van der Waals surface area contributed by atoms with Crippen molar-refractivity contribution in [2.24, 2.45) is 0 Å². The van der Waals surface area contributed by atoms with Crippen molar-refractivity contribution in [2.75, 3.05) is 0 Å². The van der Waals surface area contributed by atoms with Crippen molar-refractivity contribution in [2.45, 2.75) is 13.0 Å². The van der Waals surface area contributed by atoms with Crippen molar-refractivity contribution in [3.8, 4) is 0 Å². The van der Waals surface area contributed by atoms with Crippen LogP contribution in [0.4, 0.5) is 0 Å². The first-order chi connectivity index (χ1) is 11.9. The number of carbonyl (C=O) groups excluding carboxylic acids is 2. The van der Waals surface area contributed by atoms with Gasteiger partial charge in [-0.25, -0.2) is 0 Å². The highest BCUT2D eigenvalue weighted by Gasteiger charge is 2.20. The minimum atomic E-state index is -1.19. The lowest BCUT2D eigenvalue weighted by Gasteiger charge is -2.13. The fourth-order valence-corrected chi connectivity index (χ4v) is 2.07. The number of aliphatic carboxylic acids is 1. The largest absolute Gasteiger partial charge is 0.480 e. The Kier molecular flexibility index (Phi) is 6.13. The Hall–Kier alpha value is -2.87. The van der Waals surface area contributed by atoms with E-state index in [0.29, 0.717) is 11.3 Å². The first-order valence-electron chi connectivity index (χ1n) is 7.22. The lowest BCUT2D eigenvalue weighted by molar-refractivity contribution is -0.140. The van der Waals surface area contributed by atoms with E-state index in [1.165, 1.54) is 19.3 Å². The molecule has 130 valence electrons. The van der Waals surface area contributed by atoms with Crippen LogP contribution < -0.4 is 10.6 Å². The van der Waals surface area contributed by atoms with Gasteiger partial charge in [-0.3, -0.25) is 14.4 Å². The van der Waals surface area contributed by atoms with E-state index in [2.05, 4.69) is 26.6 Å². The van der Waals surface area contributed by atoms with Gasteiger partial charge < -0.3 is 20.2 Å². The zero-order valence-corrected chi connectivity index (χ0v) is 14.7. The molecule has 0 fully saturated rings. The molecule has 3 N–H and O–H groups in total. The molecule has 2 amide bonds. The Bertz CT molecular complexity index is 797. The maximum Gasteiger partial charge on any atom is 0.325 e. The van der Waals surface area contributed by atoms with Crippen molar-refractivity contribution in [3.05, 3.63) is 64.2 Å². The molecule has 0 radical (unpaired) electrons. The summed E-state index contributed by atoms with van der Waals surface area (Å²) in [4.78, 5) is 35.5. The van der Waals surface area contributed by atoms with Gasteiger partial charge in [-0.1, -0.05) is 15.9 Å². The minimum absolute atomic E-state index is 0.129. The second kappa shape index (κ2) is 8.29. The van der Waals surface area contributed by atoms with E-state index in [0.717, 1.165) is 4.47 Å². The number of hydrogen-bond acceptors (Lipinski definition) is 4. The number of furan rings is 1. The second-order valence-electron chi connectivity index (χ2n) is 5.07. The van der Waals surface area contributed by atoms with Crippen LogP contribution in [0.25, 0.3) is 6.08 Å². The number of carboxylic acids is 1. The van der Waals surface area contributed by atoms with Gasteiger partial charge in [0.2, 0.25) is 0 Å². The molecule has 0 saturated carbocycles. The van der Waals surface area contributed by atoms with Crippen LogP contribution >= 0.6 is 15.9 Å². The number of carboxylic acid groups (broad SMARTS) is 1. The molecule has 8 heteroatoms. The number of rotatable bonds is 6. The monoisotopic (exact) mass is 406 g/mol. The van der Waals surface area contributed by atoms with Gasteiger partial charge in [0.15, 0.2) is 0 Å². The van der Waals surface area contributed by atoms with Crippen LogP contribution in [0.15, 0.2) is 57.2 Å². The van der Waals surface area contributed by atoms with E-state index in [1.807, 2.05) is 0 Å². The van der Waals surface area contributed by atoms with Gasteiger partial charge in [-0.15, -0.1) is 0 Å². The molecule has 2 aromatic rings. The van der Waals surface area contributed by atoms with Crippen molar-refractivity contribution < 1.29 is 23.9 Å². The molecular weight excluding hydrogens is 392 g/mol. The van der Waals surface area contributed by atoms with E-state index < -0.39 is 23.8 Å². The Morgan fingerprint density at radius 1 is 1.20 bits per heavy atom. The number of halogens is 1. The molecule has 1 aromatic carbocycles. The zero-order valence-electron chi connectivity index (χ0n) is 13.2. The van der Waals surface area contributed by atoms with Gasteiger partial charge in [-0.05, 0) is 43.3 Å². The fourth-order valence-electron chi connectivity index (χ4n) is 1.81. The summed E-state index contributed by atoms with van der Waals surface area (Å²) in [5.41, 5.74) is 0.212. The third kappa shape index (κ3) is 5.32. The second-order valence-corrected chi connectivity index (χ2v) is 5.98. The molecule has 0 bridgehead atoms. The third-order valence-corrected chi connectivity index (χ3v) is 3.68. The Labute approximate surface area is 151 Å². The molecule has 0 spiro atoms.